The van der Waals surface area contributed by atoms with Crippen LogP contribution in [0.2, 0.25) is 0 Å². The molecular formula is C12H17N5O. The van der Waals surface area contributed by atoms with Crippen LogP contribution >= 0.6 is 0 Å². The van der Waals surface area contributed by atoms with Gasteiger partial charge in [0.25, 0.3) is 0 Å². The van der Waals surface area contributed by atoms with Gasteiger partial charge in [0, 0.05) is 13.1 Å². The lowest BCUT2D eigenvalue weighted by Gasteiger charge is -2.26. The Kier molecular flexibility index (Phi) is 2.87. The number of nitrogens with zero attached hydrogens (tertiary/aromatic N) is 4. The Morgan fingerprint density at radius 2 is 2.06 bits per heavy atom. The first kappa shape index (κ1) is 11.4. The molecule has 1 aliphatic rings. The highest BCUT2D eigenvalue weighted by atomic mass is 16.5. The van der Waals surface area contributed by atoms with Gasteiger partial charge in [0.15, 0.2) is 5.65 Å². The van der Waals surface area contributed by atoms with Crippen LogP contribution < -0.4 is 10.5 Å². The first-order valence-corrected chi connectivity index (χ1v) is 6.29. The van der Waals surface area contributed by atoms with E-state index in [-0.39, 0.29) is 6.10 Å². The third kappa shape index (κ3) is 2.03. The van der Waals surface area contributed by atoms with Crippen LogP contribution in [-0.4, -0.2) is 31.9 Å². The van der Waals surface area contributed by atoms with Crippen molar-refractivity contribution >= 4 is 11.0 Å². The predicted molar refractivity (Wildman–Crippen MR) is 67.2 cm³/mol. The summed E-state index contributed by atoms with van der Waals surface area (Å²) < 4.78 is 7.69. The monoisotopic (exact) mass is 247 g/mol. The van der Waals surface area contributed by atoms with E-state index in [0.29, 0.717) is 11.9 Å². The van der Waals surface area contributed by atoms with Crippen LogP contribution in [-0.2, 0) is 7.05 Å². The molecule has 2 aromatic rings. The molecule has 1 fully saturated rings. The molecule has 0 aliphatic heterocycles. The zero-order valence-corrected chi connectivity index (χ0v) is 10.4. The highest BCUT2D eigenvalue weighted by Gasteiger charge is 2.21. The summed E-state index contributed by atoms with van der Waals surface area (Å²) in [6.45, 7) is 0. The second kappa shape index (κ2) is 4.53. The van der Waals surface area contributed by atoms with Crippen molar-refractivity contribution < 1.29 is 4.74 Å². The molecule has 0 amide bonds. The molecule has 1 aliphatic carbocycles. The van der Waals surface area contributed by atoms with Crippen molar-refractivity contribution in [1.82, 2.24) is 19.7 Å². The second-order valence-corrected chi connectivity index (χ2v) is 4.84. The van der Waals surface area contributed by atoms with Crippen LogP contribution in [0.3, 0.4) is 0 Å². The number of hydrogen-bond acceptors (Lipinski definition) is 5. The first-order chi connectivity index (χ1) is 8.74. The molecule has 2 aromatic heterocycles. The Labute approximate surface area is 105 Å². The third-order valence-corrected chi connectivity index (χ3v) is 3.49. The van der Waals surface area contributed by atoms with Crippen LogP contribution in [0.5, 0.6) is 5.88 Å². The normalized spacial score (nSPS) is 24.3. The molecule has 96 valence electrons. The largest absolute Gasteiger partial charge is 0.474 e. The number of nitrogens with two attached hydrogens (primary N) is 1. The minimum Gasteiger partial charge on any atom is -0.474 e. The molecule has 6 nitrogen and oxygen atoms in total. The lowest BCUT2D eigenvalue weighted by Crippen LogP contribution is -2.31. The molecule has 0 aromatic carbocycles. The van der Waals surface area contributed by atoms with Crippen molar-refractivity contribution in [3.8, 4) is 5.88 Å². The lowest BCUT2D eigenvalue weighted by atomic mass is 9.94. The number of aromatic nitrogens is 4. The molecule has 3 rings (SSSR count). The zero-order chi connectivity index (χ0) is 12.5. The van der Waals surface area contributed by atoms with Gasteiger partial charge in [-0.1, -0.05) is 0 Å². The number of rotatable bonds is 2. The van der Waals surface area contributed by atoms with Crippen LogP contribution in [0, 0.1) is 0 Å². The van der Waals surface area contributed by atoms with Crippen molar-refractivity contribution in [3.05, 3.63) is 12.5 Å². The van der Waals surface area contributed by atoms with E-state index in [1.54, 1.807) is 10.9 Å². The molecule has 2 N–H and O–H groups in total. The summed E-state index contributed by atoms with van der Waals surface area (Å²) in [6.07, 6.45) is 7.51. The molecule has 0 saturated heterocycles. The quantitative estimate of drug-likeness (QED) is 0.856. The fourth-order valence-electron chi connectivity index (χ4n) is 2.40. The van der Waals surface area contributed by atoms with Gasteiger partial charge in [0.2, 0.25) is 5.88 Å². The van der Waals surface area contributed by atoms with E-state index in [4.69, 9.17) is 10.5 Å². The predicted octanol–water partition coefficient (Wildman–Crippen LogP) is 1.01. The van der Waals surface area contributed by atoms with E-state index in [1.807, 2.05) is 7.05 Å². The summed E-state index contributed by atoms with van der Waals surface area (Å²) in [5.41, 5.74) is 6.69. The summed E-state index contributed by atoms with van der Waals surface area (Å²) >= 11 is 0. The summed E-state index contributed by atoms with van der Waals surface area (Å²) in [7, 11) is 1.86. The van der Waals surface area contributed by atoms with E-state index < -0.39 is 0 Å². The van der Waals surface area contributed by atoms with E-state index in [0.717, 1.165) is 36.7 Å². The third-order valence-electron chi connectivity index (χ3n) is 3.49. The van der Waals surface area contributed by atoms with Crippen molar-refractivity contribution in [1.29, 1.82) is 0 Å². The van der Waals surface area contributed by atoms with E-state index >= 15 is 0 Å². The van der Waals surface area contributed by atoms with Gasteiger partial charge < -0.3 is 10.5 Å². The number of aryl methyl sites for hydroxylation is 1. The zero-order valence-electron chi connectivity index (χ0n) is 10.4. The van der Waals surface area contributed by atoms with Gasteiger partial charge in [0.1, 0.15) is 17.8 Å². The minimum atomic E-state index is 0.211. The average molecular weight is 247 g/mol. The molecule has 1 saturated carbocycles. The van der Waals surface area contributed by atoms with Gasteiger partial charge in [-0.15, -0.1) is 0 Å². The number of ether oxygens (including phenoxy) is 1. The summed E-state index contributed by atoms with van der Waals surface area (Å²) in [6, 6.07) is 0.327. The van der Waals surface area contributed by atoms with E-state index in [2.05, 4.69) is 15.1 Å². The smallest absolute Gasteiger partial charge is 0.228 e. The van der Waals surface area contributed by atoms with Gasteiger partial charge in [-0.3, -0.25) is 4.68 Å². The average Bonchev–Trinajstić information content (AvgIpc) is 2.76. The topological polar surface area (TPSA) is 78.9 Å². The van der Waals surface area contributed by atoms with Gasteiger partial charge in [0.05, 0.1) is 6.20 Å². The van der Waals surface area contributed by atoms with Crippen LogP contribution in [0.1, 0.15) is 25.7 Å². The summed E-state index contributed by atoms with van der Waals surface area (Å²) in [5, 5.41) is 5.05. The molecule has 0 bridgehead atoms. The Bertz CT molecular complexity index is 544. The van der Waals surface area contributed by atoms with E-state index in [1.165, 1.54) is 6.33 Å². The fourth-order valence-corrected chi connectivity index (χ4v) is 2.40. The fraction of sp³-hybridized carbons (Fsp3) is 0.583. The minimum absolute atomic E-state index is 0.211. The highest BCUT2D eigenvalue weighted by molar-refractivity contribution is 5.79. The molecule has 18 heavy (non-hydrogen) atoms. The first-order valence-electron chi connectivity index (χ1n) is 6.29. The van der Waals surface area contributed by atoms with Crippen LogP contribution in [0.15, 0.2) is 12.5 Å². The standard InChI is InChI=1S/C12H17N5O/c1-17-11-10(6-16-17)12(15-7-14-11)18-9-4-2-8(13)3-5-9/h6-9H,2-5,13H2,1H3. The van der Waals surface area contributed by atoms with Gasteiger partial charge in [-0.05, 0) is 25.7 Å². The summed E-state index contributed by atoms with van der Waals surface area (Å²) in [5.74, 6) is 0.633. The molecule has 0 unspecified atom stereocenters. The lowest BCUT2D eigenvalue weighted by molar-refractivity contribution is 0.143. The van der Waals surface area contributed by atoms with Crippen molar-refractivity contribution in [3.63, 3.8) is 0 Å². The van der Waals surface area contributed by atoms with Crippen LogP contribution in [0.4, 0.5) is 0 Å². The molecule has 0 atom stereocenters. The molecular weight excluding hydrogens is 230 g/mol. The maximum atomic E-state index is 5.97. The molecule has 2 heterocycles. The maximum absolute atomic E-state index is 5.97. The van der Waals surface area contributed by atoms with E-state index in [9.17, 15) is 0 Å². The van der Waals surface area contributed by atoms with Crippen molar-refractivity contribution in [2.75, 3.05) is 0 Å². The summed E-state index contributed by atoms with van der Waals surface area (Å²) in [4.78, 5) is 8.41. The SMILES string of the molecule is Cn1ncc2c(OC3CCC(N)CC3)ncnc21. The maximum Gasteiger partial charge on any atom is 0.228 e. The molecule has 0 spiro atoms. The highest BCUT2D eigenvalue weighted by Crippen LogP contribution is 2.26. The van der Waals surface area contributed by atoms with Gasteiger partial charge >= 0.3 is 0 Å². The van der Waals surface area contributed by atoms with Crippen molar-refractivity contribution in [2.45, 2.75) is 37.8 Å². The molecule has 0 radical (unpaired) electrons. The Morgan fingerprint density at radius 3 is 2.83 bits per heavy atom. The Balaban J connectivity index is 1.82. The van der Waals surface area contributed by atoms with Gasteiger partial charge in [-0.25, -0.2) is 9.97 Å². The number of hydrogen-bond donors (Lipinski definition) is 1. The Hall–Kier alpha value is -1.69. The van der Waals surface area contributed by atoms with Gasteiger partial charge in [-0.2, -0.15) is 5.10 Å². The van der Waals surface area contributed by atoms with Crippen LogP contribution in [0.25, 0.3) is 11.0 Å². The molecule has 6 heteroatoms. The second-order valence-electron chi connectivity index (χ2n) is 4.84. The Morgan fingerprint density at radius 1 is 1.28 bits per heavy atom. The van der Waals surface area contributed by atoms with Crippen molar-refractivity contribution in [2.24, 2.45) is 12.8 Å². The number of fused-ring (bicyclic) bond motifs is 1.